The molecule has 3 aromatic rings. The summed E-state index contributed by atoms with van der Waals surface area (Å²) in [6.07, 6.45) is 2.97. The largest absolute Gasteiger partial charge is 0.454 e. The van der Waals surface area contributed by atoms with E-state index in [1.54, 1.807) is 5.48 Å². The number of fused-ring (bicyclic) bond motifs is 2. The number of nitrogen functional groups attached to an aromatic ring is 1. The summed E-state index contributed by atoms with van der Waals surface area (Å²) in [5.74, 6) is 1.35. The summed E-state index contributed by atoms with van der Waals surface area (Å²) >= 11 is 1.48. The number of nitrogens with two attached hydrogens (primary N) is 1. The van der Waals surface area contributed by atoms with Crippen molar-refractivity contribution in [2.75, 3.05) is 12.5 Å². The van der Waals surface area contributed by atoms with Gasteiger partial charge in [-0.15, -0.1) is 0 Å². The summed E-state index contributed by atoms with van der Waals surface area (Å²) < 4.78 is 12.9. The maximum atomic E-state index is 11.2. The molecule has 4 rings (SSSR count). The Bertz CT molecular complexity index is 1080. The van der Waals surface area contributed by atoms with Gasteiger partial charge < -0.3 is 19.8 Å². The smallest absolute Gasteiger partial charge is 0.243 e. The Kier molecular flexibility index (Phi) is 5.45. The highest BCUT2D eigenvalue weighted by Gasteiger charge is 2.20. The number of carbonyl (C=O) groups is 1. The quantitative estimate of drug-likeness (QED) is 0.215. The predicted molar refractivity (Wildman–Crippen MR) is 108 cm³/mol. The lowest BCUT2D eigenvalue weighted by Crippen LogP contribution is -2.18. The molecule has 0 saturated carbocycles. The van der Waals surface area contributed by atoms with Gasteiger partial charge in [0.1, 0.15) is 14.2 Å². The number of rotatable bonds is 7. The second kappa shape index (κ2) is 8.17. The van der Waals surface area contributed by atoms with Crippen LogP contribution in [-0.4, -0.2) is 45.3 Å². The van der Waals surface area contributed by atoms with Crippen molar-refractivity contribution in [2.45, 2.75) is 35.9 Å². The van der Waals surface area contributed by atoms with E-state index in [1.165, 1.54) is 18.1 Å². The van der Waals surface area contributed by atoms with Crippen LogP contribution in [0.2, 0.25) is 0 Å². The lowest BCUT2D eigenvalue weighted by atomic mass is 9.96. The number of carbonyl (C=O) groups excluding carboxylic acids is 1. The highest BCUT2D eigenvalue weighted by atomic mass is 32.2. The molecule has 0 atom stereocenters. The lowest BCUT2D eigenvalue weighted by molar-refractivity contribution is -0.129. The topological polar surface area (TPSA) is 137 Å². The molecule has 0 fully saturated rings. The first kappa shape index (κ1) is 19.3. The molecular formula is C17H19BN6O4S. The number of amides is 1. The van der Waals surface area contributed by atoms with Crippen molar-refractivity contribution in [1.82, 2.24) is 25.0 Å². The van der Waals surface area contributed by atoms with Crippen LogP contribution in [0, 0.1) is 0 Å². The van der Waals surface area contributed by atoms with Crippen molar-refractivity contribution >= 4 is 48.0 Å². The number of hydroxylamine groups is 1. The van der Waals surface area contributed by atoms with E-state index in [1.807, 2.05) is 24.5 Å². The molecule has 0 spiro atoms. The number of aromatic nitrogens is 4. The Hall–Kier alpha value is -2.99. The number of imidazole rings is 1. The zero-order valence-electron chi connectivity index (χ0n) is 15.7. The highest BCUT2D eigenvalue weighted by Crippen LogP contribution is 2.37. The monoisotopic (exact) mass is 414 g/mol. The average Bonchev–Trinajstić information content (AvgIpc) is 3.30. The van der Waals surface area contributed by atoms with Crippen LogP contribution in [0.3, 0.4) is 0 Å². The van der Waals surface area contributed by atoms with Crippen LogP contribution in [0.4, 0.5) is 5.82 Å². The molecule has 0 unspecified atom stereocenters. The van der Waals surface area contributed by atoms with E-state index in [-0.39, 0.29) is 13.2 Å². The van der Waals surface area contributed by atoms with Crippen molar-refractivity contribution in [3.8, 4) is 11.5 Å². The molecule has 2 aromatic heterocycles. The van der Waals surface area contributed by atoms with Gasteiger partial charge in [-0.1, -0.05) is 17.2 Å². The molecule has 12 heteroatoms. The molecule has 150 valence electrons. The molecule has 1 aliphatic heterocycles. The summed E-state index contributed by atoms with van der Waals surface area (Å²) in [6.45, 7) is 0.812. The van der Waals surface area contributed by atoms with Crippen molar-refractivity contribution in [1.29, 1.82) is 0 Å². The Morgan fingerprint density at radius 3 is 2.90 bits per heavy atom. The van der Waals surface area contributed by atoms with E-state index in [0.29, 0.717) is 42.1 Å². The van der Waals surface area contributed by atoms with Gasteiger partial charge >= 0.3 is 0 Å². The molecule has 0 saturated heterocycles. The molecule has 1 aromatic carbocycles. The van der Waals surface area contributed by atoms with Gasteiger partial charge in [0, 0.05) is 17.9 Å². The lowest BCUT2D eigenvalue weighted by Gasteiger charge is -2.10. The first-order chi connectivity index (χ1) is 14.1. The number of anilines is 1. The van der Waals surface area contributed by atoms with Gasteiger partial charge in [0.25, 0.3) is 0 Å². The van der Waals surface area contributed by atoms with Crippen LogP contribution < -0.4 is 26.2 Å². The number of nitrogens with one attached hydrogen (secondary N) is 1. The van der Waals surface area contributed by atoms with Crippen molar-refractivity contribution in [3.05, 3.63) is 18.5 Å². The van der Waals surface area contributed by atoms with Crippen LogP contribution >= 0.6 is 11.8 Å². The second-order valence-corrected chi connectivity index (χ2v) is 7.55. The van der Waals surface area contributed by atoms with Crippen molar-refractivity contribution < 1.29 is 19.5 Å². The second-order valence-electron chi connectivity index (χ2n) is 6.54. The van der Waals surface area contributed by atoms with Gasteiger partial charge in [-0.05, 0) is 25.0 Å². The van der Waals surface area contributed by atoms with Crippen molar-refractivity contribution in [2.24, 2.45) is 0 Å². The van der Waals surface area contributed by atoms with Crippen LogP contribution in [0.5, 0.6) is 11.5 Å². The number of unbranched alkanes of at least 4 members (excludes halogenated alkanes) is 1. The Morgan fingerprint density at radius 1 is 1.31 bits per heavy atom. The normalized spacial score (nSPS) is 12.4. The van der Waals surface area contributed by atoms with Crippen molar-refractivity contribution in [3.63, 3.8) is 0 Å². The van der Waals surface area contributed by atoms with Crippen LogP contribution in [0.25, 0.3) is 11.2 Å². The zero-order chi connectivity index (χ0) is 20.4. The van der Waals surface area contributed by atoms with Gasteiger partial charge in [0.2, 0.25) is 12.7 Å². The van der Waals surface area contributed by atoms with Gasteiger partial charge in [-0.2, -0.15) is 0 Å². The Labute approximate surface area is 171 Å². The summed E-state index contributed by atoms with van der Waals surface area (Å²) in [5.41, 5.74) is 9.86. The number of benzene rings is 1. The van der Waals surface area contributed by atoms with E-state index in [4.69, 9.17) is 20.4 Å². The molecule has 0 bridgehead atoms. The standard InChI is InChI=1S/C17H19BN6O4S/c18-9-5-10-11(28-8-27-10)6-12(9)29-17-22-14-15(19)20-7-21-16(14)24(17)4-2-1-3-13(25)23-26/h5-7,26H,1-4,8,18H2,(H,23,25)(H2,19,20,21). The molecule has 1 aliphatic rings. The number of hydrogen-bond donors (Lipinski definition) is 3. The molecule has 29 heavy (non-hydrogen) atoms. The first-order valence-electron chi connectivity index (χ1n) is 9.04. The van der Waals surface area contributed by atoms with Crippen LogP contribution in [0.15, 0.2) is 28.5 Å². The average molecular weight is 414 g/mol. The maximum absolute atomic E-state index is 11.2. The third-order valence-corrected chi connectivity index (χ3v) is 5.71. The molecule has 0 radical (unpaired) electrons. The zero-order valence-corrected chi connectivity index (χ0v) is 16.5. The third-order valence-electron chi connectivity index (χ3n) is 4.56. The summed E-state index contributed by atoms with van der Waals surface area (Å²) in [7, 11) is 2.00. The molecule has 10 nitrogen and oxygen atoms in total. The fraction of sp³-hybridized carbons (Fsp3) is 0.294. The van der Waals surface area contributed by atoms with Gasteiger partial charge in [0.15, 0.2) is 33.6 Å². The van der Waals surface area contributed by atoms with E-state index in [0.717, 1.165) is 21.3 Å². The highest BCUT2D eigenvalue weighted by molar-refractivity contribution is 7.99. The van der Waals surface area contributed by atoms with Gasteiger partial charge in [0.05, 0.1) is 0 Å². The summed E-state index contributed by atoms with van der Waals surface area (Å²) in [4.78, 5) is 25.2. The fourth-order valence-electron chi connectivity index (χ4n) is 3.06. The molecule has 4 N–H and O–H groups in total. The fourth-order valence-corrected chi connectivity index (χ4v) is 4.07. The molecular weight excluding hydrogens is 395 g/mol. The molecule has 3 heterocycles. The van der Waals surface area contributed by atoms with E-state index in [9.17, 15) is 4.79 Å². The Morgan fingerprint density at radius 2 is 2.10 bits per heavy atom. The number of hydrogen-bond acceptors (Lipinski definition) is 9. The van der Waals surface area contributed by atoms with E-state index in [2.05, 4.69) is 15.0 Å². The minimum atomic E-state index is -0.405. The first-order valence-corrected chi connectivity index (χ1v) is 9.86. The SMILES string of the molecule is Bc1cc2c(cc1Sc1nc3c(N)ncnc3n1CCCCC(=O)NO)OCO2. The number of aryl methyl sites for hydroxylation is 1. The van der Waals surface area contributed by atoms with Crippen LogP contribution in [-0.2, 0) is 11.3 Å². The maximum Gasteiger partial charge on any atom is 0.243 e. The molecule has 0 aliphatic carbocycles. The predicted octanol–water partition coefficient (Wildman–Crippen LogP) is 0.222. The number of nitrogens with zero attached hydrogens (tertiary/aromatic N) is 4. The number of ether oxygens (including phenoxy) is 2. The summed E-state index contributed by atoms with van der Waals surface area (Å²) in [5, 5.41) is 9.35. The van der Waals surface area contributed by atoms with Crippen LogP contribution in [0.1, 0.15) is 19.3 Å². The third kappa shape index (κ3) is 3.94. The van der Waals surface area contributed by atoms with E-state index >= 15 is 0 Å². The summed E-state index contributed by atoms with van der Waals surface area (Å²) in [6, 6.07) is 3.88. The minimum absolute atomic E-state index is 0.217. The minimum Gasteiger partial charge on any atom is -0.454 e. The van der Waals surface area contributed by atoms with Gasteiger partial charge in [-0.25, -0.2) is 20.4 Å². The van der Waals surface area contributed by atoms with E-state index < -0.39 is 5.91 Å². The van der Waals surface area contributed by atoms with Gasteiger partial charge in [-0.3, -0.25) is 10.0 Å². The Balaban J connectivity index is 1.63. The molecule has 1 amide bonds.